The molecule has 0 spiro atoms. The molecule has 0 fully saturated rings. The van der Waals surface area contributed by atoms with Crippen LogP contribution < -0.4 is 30.3 Å². The highest BCUT2D eigenvalue weighted by Gasteiger charge is 2.22. The Morgan fingerprint density at radius 3 is 1.50 bits per heavy atom. The summed E-state index contributed by atoms with van der Waals surface area (Å²) >= 11 is 7.08. The Hall–Kier alpha value is -4.14. The summed E-state index contributed by atoms with van der Waals surface area (Å²) in [5, 5.41) is 4.10. The zero-order valence-electron chi connectivity index (χ0n) is 22.0. The van der Waals surface area contributed by atoms with E-state index in [-0.39, 0.29) is 0 Å². The van der Waals surface area contributed by atoms with E-state index in [1.807, 2.05) is 114 Å². The number of hydrogen-bond donors (Lipinski definition) is 2. The number of benzene rings is 5. The molecular formula is C32H28Br2N4O2. The lowest BCUT2D eigenvalue weighted by Gasteiger charge is -2.34. The van der Waals surface area contributed by atoms with Crippen LogP contribution in [-0.4, -0.2) is 14.2 Å². The highest BCUT2D eigenvalue weighted by atomic mass is 79.9. The predicted molar refractivity (Wildman–Crippen MR) is 172 cm³/mol. The van der Waals surface area contributed by atoms with Crippen LogP contribution in [0.1, 0.15) is 0 Å². The molecule has 5 aromatic carbocycles. The molecule has 0 radical (unpaired) electrons. The van der Waals surface area contributed by atoms with Crippen LogP contribution >= 0.6 is 31.9 Å². The maximum absolute atomic E-state index is 5.79. The van der Waals surface area contributed by atoms with Crippen molar-refractivity contribution in [3.8, 4) is 11.5 Å². The summed E-state index contributed by atoms with van der Waals surface area (Å²) in [6.45, 7) is 0. The number of nitrogens with zero attached hydrogens (tertiary/aromatic N) is 2. The summed E-state index contributed by atoms with van der Waals surface area (Å²) in [5.74, 6) is 1.52. The van der Waals surface area contributed by atoms with E-state index in [1.54, 1.807) is 14.2 Å². The predicted octanol–water partition coefficient (Wildman–Crippen LogP) is 9.56. The van der Waals surface area contributed by atoms with Crippen LogP contribution in [0.2, 0.25) is 0 Å². The van der Waals surface area contributed by atoms with Gasteiger partial charge in [0.1, 0.15) is 17.2 Å². The molecule has 8 heteroatoms. The van der Waals surface area contributed by atoms with Crippen LogP contribution in [0.5, 0.6) is 11.5 Å². The minimum atomic E-state index is 0.735. The number of nitrogens with one attached hydrogen (secondary N) is 2. The third-order valence-corrected chi connectivity index (χ3v) is 7.25. The lowest BCUT2D eigenvalue weighted by Crippen LogP contribution is -2.30. The van der Waals surface area contributed by atoms with Gasteiger partial charge in [-0.3, -0.25) is 20.9 Å². The normalized spacial score (nSPS) is 10.5. The van der Waals surface area contributed by atoms with Gasteiger partial charge in [-0.1, -0.05) is 56.1 Å². The summed E-state index contributed by atoms with van der Waals surface area (Å²) in [6, 6.07) is 40.2. The second kappa shape index (κ2) is 12.8. The molecule has 0 aliphatic heterocycles. The van der Waals surface area contributed by atoms with Gasteiger partial charge in [-0.05, 0) is 97.1 Å². The van der Waals surface area contributed by atoms with E-state index in [0.29, 0.717) is 0 Å². The number of hydrogen-bond acceptors (Lipinski definition) is 6. The molecular weight excluding hydrogens is 632 g/mol. The Morgan fingerprint density at radius 1 is 0.500 bits per heavy atom. The number of rotatable bonds is 10. The summed E-state index contributed by atoms with van der Waals surface area (Å²) in [7, 11) is 3.35. The fraction of sp³-hybridized carbons (Fsp3) is 0.0625. The number of para-hydroxylation sites is 4. The standard InChI is InChI=1S/C32H28Br2N4O2/c1-39-28-21-19-27(20-22-28)37(35-25-15-11-23(33)12-16-25)29-7-3-4-8-30(29)38(31-9-5-6-10-32(31)40-2)36-26-17-13-24(34)14-18-26/h3-22,35-36H,1-2H3. The van der Waals surface area contributed by atoms with Gasteiger partial charge in [0.2, 0.25) is 0 Å². The van der Waals surface area contributed by atoms with Crippen molar-refractivity contribution in [2.45, 2.75) is 0 Å². The van der Waals surface area contributed by atoms with Gasteiger partial charge in [-0.25, -0.2) is 0 Å². The lowest BCUT2D eigenvalue weighted by molar-refractivity contribution is 0.415. The number of methoxy groups -OCH3 is 2. The first-order valence-electron chi connectivity index (χ1n) is 12.6. The first-order valence-corrected chi connectivity index (χ1v) is 14.1. The Balaban J connectivity index is 1.66. The van der Waals surface area contributed by atoms with Crippen molar-refractivity contribution >= 4 is 66.0 Å². The number of hydrazine groups is 2. The number of halogens is 2. The van der Waals surface area contributed by atoms with Gasteiger partial charge in [0.25, 0.3) is 0 Å². The van der Waals surface area contributed by atoms with Gasteiger partial charge in [0.15, 0.2) is 0 Å². The average Bonchev–Trinajstić information content (AvgIpc) is 3.01. The molecule has 0 bridgehead atoms. The molecule has 5 aromatic rings. The lowest BCUT2D eigenvalue weighted by atomic mass is 10.2. The van der Waals surface area contributed by atoms with Crippen molar-refractivity contribution in [3.05, 3.63) is 130 Å². The Kier molecular flexibility index (Phi) is 8.78. The monoisotopic (exact) mass is 658 g/mol. The second-order valence-electron chi connectivity index (χ2n) is 8.77. The molecule has 0 saturated heterocycles. The molecule has 0 aromatic heterocycles. The molecule has 202 valence electrons. The molecule has 0 amide bonds. The van der Waals surface area contributed by atoms with Crippen molar-refractivity contribution in [3.63, 3.8) is 0 Å². The van der Waals surface area contributed by atoms with Gasteiger partial charge in [-0.15, -0.1) is 0 Å². The summed E-state index contributed by atoms with van der Waals surface area (Å²) in [5.41, 5.74) is 12.6. The Labute approximate surface area is 251 Å². The van der Waals surface area contributed by atoms with Crippen LogP contribution in [-0.2, 0) is 0 Å². The number of anilines is 6. The third kappa shape index (κ3) is 6.35. The third-order valence-electron chi connectivity index (χ3n) is 6.19. The first kappa shape index (κ1) is 27.4. The SMILES string of the molecule is COc1ccc(N(Nc2ccc(Br)cc2)c2ccccc2N(Nc2ccc(Br)cc2)c2ccccc2OC)cc1. The minimum absolute atomic E-state index is 0.735. The van der Waals surface area contributed by atoms with E-state index in [9.17, 15) is 0 Å². The fourth-order valence-corrected chi connectivity index (χ4v) is 4.74. The van der Waals surface area contributed by atoms with Crippen LogP contribution in [0.3, 0.4) is 0 Å². The molecule has 40 heavy (non-hydrogen) atoms. The van der Waals surface area contributed by atoms with Crippen LogP contribution in [0.25, 0.3) is 0 Å². The van der Waals surface area contributed by atoms with Crippen molar-refractivity contribution in [2.24, 2.45) is 0 Å². The molecule has 0 unspecified atom stereocenters. The maximum Gasteiger partial charge on any atom is 0.144 e. The highest BCUT2D eigenvalue weighted by molar-refractivity contribution is 9.10. The molecule has 0 atom stereocenters. The van der Waals surface area contributed by atoms with E-state index < -0.39 is 0 Å². The maximum atomic E-state index is 5.79. The summed E-state index contributed by atoms with van der Waals surface area (Å²) in [6.07, 6.45) is 0. The minimum Gasteiger partial charge on any atom is -0.497 e. The molecule has 0 aliphatic rings. The van der Waals surface area contributed by atoms with Crippen molar-refractivity contribution in [1.29, 1.82) is 0 Å². The van der Waals surface area contributed by atoms with Gasteiger partial charge in [0.05, 0.1) is 42.7 Å². The van der Waals surface area contributed by atoms with E-state index in [4.69, 9.17) is 9.47 Å². The topological polar surface area (TPSA) is 49.0 Å². The van der Waals surface area contributed by atoms with Crippen LogP contribution in [0, 0.1) is 0 Å². The van der Waals surface area contributed by atoms with Crippen molar-refractivity contribution in [1.82, 2.24) is 0 Å². The molecule has 0 saturated carbocycles. The Bertz CT molecular complexity index is 1550. The molecule has 5 rings (SSSR count). The van der Waals surface area contributed by atoms with Gasteiger partial charge in [-0.2, -0.15) is 0 Å². The van der Waals surface area contributed by atoms with E-state index in [0.717, 1.165) is 54.6 Å². The van der Waals surface area contributed by atoms with Crippen molar-refractivity contribution < 1.29 is 9.47 Å². The van der Waals surface area contributed by atoms with E-state index >= 15 is 0 Å². The summed E-state index contributed by atoms with van der Waals surface area (Å²) in [4.78, 5) is 0. The average molecular weight is 660 g/mol. The fourth-order valence-electron chi connectivity index (χ4n) is 4.21. The Morgan fingerprint density at radius 2 is 0.975 bits per heavy atom. The van der Waals surface area contributed by atoms with E-state index in [1.165, 1.54) is 0 Å². The molecule has 0 heterocycles. The highest BCUT2D eigenvalue weighted by Crippen LogP contribution is 2.41. The number of ether oxygens (including phenoxy) is 2. The molecule has 6 nitrogen and oxygen atoms in total. The van der Waals surface area contributed by atoms with Crippen LogP contribution in [0.15, 0.2) is 130 Å². The smallest absolute Gasteiger partial charge is 0.144 e. The largest absolute Gasteiger partial charge is 0.497 e. The van der Waals surface area contributed by atoms with Crippen molar-refractivity contribution in [2.75, 3.05) is 35.1 Å². The molecule has 2 N–H and O–H groups in total. The quantitative estimate of drug-likeness (QED) is 0.146. The first-order chi connectivity index (χ1) is 19.6. The van der Waals surface area contributed by atoms with Gasteiger partial charge in [0, 0.05) is 8.95 Å². The zero-order valence-corrected chi connectivity index (χ0v) is 25.2. The molecule has 0 aliphatic carbocycles. The van der Waals surface area contributed by atoms with E-state index in [2.05, 4.69) is 59.9 Å². The van der Waals surface area contributed by atoms with Gasteiger partial charge >= 0.3 is 0 Å². The van der Waals surface area contributed by atoms with Crippen LogP contribution in [0.4, 0.5) is 34.1 Å². The second-order valence-corrected chi connectivity index (χ2v) is 10.6. The zero-order chi connectivity index (χ0) is 27.9. The van der Waals surface area contributed by atoms with Gasteiger partial charge < -0.3 is 9.47 Å². The summed E-state index contributed by atoms with van der Waals surface area (Å²) < 4.78 is 13.2.